The van der Waals surface area contributed by atoms with E-state index in [0.29, 0.717) is 13.1 Å². The van der Waals surface area contributed by atoms with E-state index < -0.39 is 12.0 Å². The van der Waals surface area contributed by atoms with Gasteiger partial charge in [0.25, 0.3) is 0 Å². The van der Waals surface area contributed by atoms with Crippen LogP contribution in [0.25, 0.3) is 0 Å². The van der Waals surface area contributed by atoms with E-state index >= 15 is 0 Å². The van der Waals surface area contributed by atoms with Gasteiger partial charge in [0.1, 0.15) is 6.04 Å². The number of amides is 1. The lowest BCUT2D eigenvalue weighted by molar-refractivity contribution is -0.145. The van der Waals surface area contributed by atoms with Gasteiger partial charge in [0.2, 0.25) is 5.91 Å². The van der Waals surface area contributed by atoms with Crippen LogP contribution in [0.15, 0.2) is 23.0 Å². The quantitative estimate of drug-likeness (QED) is 0.743. The number of furan rings is 1. The second kappa shape index (κ2) is 6.80. The first-order valence-corrected chi connectivity index (χ1v) is 5.57. The fraction of sp³-hybridized carbons (Fsp3) is 0.500. The fourth-order valence-corrected chi connectivity index (χ4v) is 1.64. The van der Waals surface area contributed by atoms with Crippen LogP contribution in [0.5, 0.6) is 0 Å². The molecule has 1 N–H and O–H groups in total. The van der Waals surface area contributed by atoms with E-state index in [-0.39, 0.29) is 5.91 Å². The molecule has 1 rings (SSSR count). The largest absolute Gasteiger partial charge is 0.472 e. The molecule has 1 atom stereocenters. The van der Waals surface area contributed by atoms with E-state index in [4.69, 9.17) is 4.42 Å². The lowest BCUT2D eigenvalue weighted by atomic mass is 10.2. The van der Waals surface area contributed by atoms with E-state index in [1.807, 2.05) is 18.0 Å². The maximum absolute atomic E-state index is 11.5. The number of likely N-dealkylation sites (N-methyl/N-ethyl adjacent to an activating group) is 1. The Morgan fingerprint density at radius 2 is 2.28 bits per heavy atom. The number of methoxy groups -OCH3 is 1. The molecule has 0 saturated carbocycles. The van der Waals surface area contributed by atoms with Crippen LogP contribution in [0.2, 0.25) is 0 Å². The number of hydrogen-bond donors (Lipinski definition) is 1. The van der Waals surface area contributed by atoms with Gasteiger partial charge in [-0.05, 0) is 13.1 Å². The zero-order valence-electron chi connectivity index (χ0n) is 10.8. The minimum atomic E-state index is -0.663. The summed E-state index contributed by atoms with van der Waals surface area (Å²) in [6.45, 7) is 2.37. The average Bonchev–Trinajstić information content (AvgIpc) is 2.79. The molecule has 0 saturated heterocycles. The molecule has 0 spiro atoms. The SMILES string of the molecule is COC(=O)C(CN(C)Cc1ccoc1)NC(C)=O. The van der Waals surface area contributed by atoms with Crippen molar-refractivity contribution in [2.75, 3.05) is 20.7 Å². The molecule has 6 heteroatoms. The number of esters is 1. The molecule has 1 amide bonds. The van der Waals surface area contributed by atoms with Gasteiger partial charge < -0.3 is 14.5 Å². The molecule has 100 valence electrons. The molecule has 1 aromatic rings. The van der Waals surface area contributed by atoms with Crippen molar-refractivity contribution in [3.05, 3.63) is 24.2 Å². The summed E-state index contributed by atoms with van der Waals surface area (Å²) in [7, 11) is 3.15. The van der Waals surface area contributed by atoms with Crippen LogP contribution in [-0.2, 0) is 20.9 Å². The molecule has 6 nitrogen and oxygen atoms in total. The highest BCUT2D eigenvalue weighted by Gasteiger charge is 2.21. The van der Waals surface area contributed by atoms with Crippen molar-refractivity contribution in [3.63, 3.8) is 0 Å². The number of ether oxygens (including phenoxy) is 1. The van der Waals surface area contributed by atoms with E-state index in [2.05, 4.69) is 10.1 Å². The number of carbonyl (C=O) groups excluding carboxylic acids is 2. The summed E-state index contributed by atoms with van der Waals surface area (Å²) in [5.74, 6) is -0.716. The summed E-state index contributed by atoms with van der Waals surface area (Å²) in [5.41, 5.74) is 1.00. The summed E-state index contributed by atoms with van der Waals surface area (Å²) in [6.07, 6.45) is 3.23. The third-order valence-corrected chi connectivity index (χ3v) is 2.39. The minimum absolute atomic E-state index is 0.262. The van der Waals surface area contributed by atoms with Crippen molar-refractivity contribution in [2.45, 2.75) is 19.5 Å². The smallest absolute Gasteiger partial charge is 0.329 e. The van der Waals surface area contributed by atoms with E-state index in [9.17, 15) is 9.59 Å². The monoisotopic (exact) mass is 254 g/mol. The summed E-state index contributed by atoms with van der Waals surface area (Å²) in [5, 5.41) is 2.56. The Labute approximate surface area is 106 Å². The molecule has 0 fully saturated rings. The molecule has 18 heavy (non-hydrogen) atoms. The molecule has 0 bridgehead atoms. The van der Waals surface area contributed by atoms with Crippen molar-refractivity contribution in [1.29, 1.82) is 0 Å². The first kappa shape index (κ1) is 14.2. The molecule has 1 unspecified atom stereocenters. The standard InChI is InChI=1S/C12H18N2O4/c1-9(15)13-11(12(16)17-3)7-14(2)6-10-4-5-18-8-10/h4-5,8,11H,6-7H2,1-3H3,(H,13,15). The molecule has 0 radical (unpaired) electrons. The predicted molar refractivity (Wildman–Crippen MR) is 64.7 cm³/mol. The van der Waals surface area contributed by atoms with Crippen LogP contribution in [-0.4, -0.2) is 43.5 Å². The Bertz CT molecular complexity index is 389. The fourth-order valence-electron chi connectivity index (χ4n) is 1.64. The Hall–Kier alpha value is -1.82. The second-order valence-electron chi connectivity index (χ2n) is 4.10. The maximum Gasteiger partial charge on any atom is 0.329 e. The van der Waals surface area contributed by atoms with Gasteiger partial charge in [0, 0.05) is 25.6 Å². The third kappa shape index (κ3) is 4.58. The van der Waals surface area contributed by atoms with Crippen LogP contribution in [0.3, 0.4) is 0 Å². The average molecular weight is 254 g/mol. The minimum Gasteiger partial charge on any atom is -0.472 e. The van der Waals surface area contributed by atoms with Gasteiger partial charge in [-0.3, -0.25) is 9.69 Å². The van der Waals surface area contributed by atoms with Crippen LogP contribution in [0.4, 0.5) is 0 Å². The van der Waals surface area contributed by atoms with Crippen molar-refractivity contribution in [1.82, 2.24) is 10.2 Å². The molecule has 0 aromatic carbocycles. The normalized spacial score (nSPS) is 12.2. The van der Waals surface area contributed by atoms with E-state index in [1.54, 1.807) is 12.5 Å². The number of carbonyl (C=O) groups is 2. The van der Waals surface area contributed by atoms with Gasteiger partial charge >= 0.3 is 5.97 Å². The summed E-state index contributed by atoms with van der Waals surface area (Å²) in [6, 6.07) is 1.19. The molecular weight excluding hydrogens is 236 g/mol. The third-order valence-electron chi connectivity index (χ3n) is 2.39. The molecule has 1 heterocycles. The van der Waals surface area contributed by atoms with Crippen LogP contribution in [0, 0.1) is 0 Å². The number of hydrogen-bond acceptors (Lipinski definition) is 5. The van der Waals surface area contributed by atoms with Gasteiger partial charge in [-0.25, -0.2) is 4.79 Å². The summed E-state index contributed by atoms with van der Waals surface area (Å²) >= 11 is 0. The summed E-state index contributed by atoms with van der Waals surface area (Å²) < 4.78 is 9.62. The highest BCUT2D eigenvalue weighted by atomic mass is 16.5. The zero-order chi connectivity index (χ0) is 13.5. The zero-order valence-corrected chi connectivity index (χ0v) is 10.8. The van der Waals surface area contributed by atoms with Crippen molar-refractivity contribution in [3.8, 4) is 0 Å². The van der Waals surface area contributed by atoms with Gasteiger partial charge in [0.05, 0.1) is 19.6 Å². The van der Waals surface area contributed by atoms with Gasteiger partial charge in [-0.1, -0.05) is 0 Å². The van der Waals surface area contributed by atoms with Crippen molar-refractivity contribution < 1.29 is 18.7 Å². The Balaban J connectivity index is 2.53. The second-order valence-corrected chi connectivity index (χ2v) is 4.10. The number of nitrogens with zero attached hydrogens (tertiary/aromatic N) is 1. The summed E-state index contributed by atoms with van der Waals surface area (Å²) in [4.78, 5) is 24.4. The van der Waals surface area contributed by atoms with Crippen LogP contribution in [0.1, 0.15) is 12.5 Å². The van der Waals surface area contributed by atoms with Gasteiger partial charge in [-0.2, -0.15) is 0 Å². The van der Waals surface area contributed by atoms with E-state index in [1.165, 1.54) is 14.0 Å². The molecular formula is C12H18N2O4. The Kier molecular flexibility index (Phi) is 5.38. The lowest BCUT2D eigenvalue weighted by Crippen LogP contribution is -2.47. The molecule has 1 aromatic heterocycles. The van der Waals surface area contributed by atoms with Crippen LogP contribution >= 0.6 is 0 Å². The number of nitrogens with one attached hydrogen (secondary N) is 1. The number of rotatable bonds is 6. The first-order valence-electron chi connectivity index (χ1n) is 5.57. The predicted octanol–water partition coefficient (Wildman–Crippen LogP) is 0.389. The molecule has 0 aliphatic heterocycles. The van der Waals surface area contributed by atoms with Crippen LogP contribution < -0.4 is 5.32 Å². The van der Waals surface area contributed by atoms with E-state index in [0.717, 1.165) is 5.56 Å². The lowest BCUT2D eigenvalue weighted by Gasteiger charge is -2.22. The van der Waals surface area contributed by atoms with Crippen molar-refractivity contribution >= 4 is 11.9 Å². The maximum atomic E-state index is 11.5. The Morgan fingerprint density at radius 1 is 1.56 bits per heavy atom. The Morgan fingerprint density at radius 3 is 2.78 bits per heavy atom. The first-order chi connectivity index (χ1) is 8.52. The van der Waals surface area contributed by atoms with Gasteiger partial charge in [-0.15, -0.1) is 0 Å². The van der Waals surface area contributed by atoms with Crippen molar-refractivity contribution in [2.24, 2.45) is 0 Å². The highest BCUT2D eigenvalue weighted by molar-refractivity contribution is 5.83. The molecule has 0 aliphatic rings. The highest BCUT2D eigenvalue weighted by Crippen LogP contribution is 2.04. The van der Waals surface area contributed by atoms with Gasteiger partial charge in [0.15, 0.2) is 0 Å². The topological polar surface area (TPSA) is 71.8 Å². The molecule has 0 aliphatic carbocycles.